The van der Waals surface area contributed by atoms with Gasteiger partial charge in [-0.25, -0.2) is 4.98 Å². The van der Waals surface area contributed by atoms with Crippen LogP contribution in [0.5, 0.6) is 11.5 Å². The minimum absolute atomic E-state index is 0.710. The van der Waals surface area contributed by atoms with E-state index in [4.69, 9.17) is 14.5 Å². The van der Waals surface area contributed by atoms with Crippen molar-refractivity contribution in [3.63, 3.8) is 0 Å². The predicted molar refractivity (Wildman–Crippen MR) is 121 cm³/mol. The second-order valence-corrected chi connectivity index (χ2v) is 8.09. The molecule has 1 aromatic heterocycles. The van der Waals surface area contributed by atoms with E-state index in [1.165, 1.54) is 50.1 Å². The molecule has 5 nitrogen and oxygen atoms in total. The molecule has 2 heterocycles. The highest BCUT2D eigenvalue weighted by atomic mass is 16.5. The van der Waals surface area contributed by atoms with Crippen LogP contribution in [0.15, 0.2) is 48.5 Å². The van der Waals surface area contributed by atoms with E-state index in [2.05, 4.69) is 33.7 Å². The Labute approximate surface area is 179 Å². The predicted octanol–water partition coefficient (Wildman–Crippen LogP) is 5.28. The summed E-state index contributed by atoms with van der Waals surface area (Å²) in [5.74, 6) is 2.90. The summed E-state index contributed by atoms with van der Waals surface area (Å²) in [5.41, 5.74) is 2.35. The summed E-state index contributed by atoms with van der Waals surface area (Å²) >= 11 is 0. The Morgan fingerprint density at radius 2 is 1.70 bits per heavy atom. The van der Waals surface area contributed by atoms with E-state index in [0.717, 1.165) is 42.9 Å². The fourth-order valence-corrected chi connectivity index (χ4v) is 4.24. The van der Waals surface area contributed by atoms with Crippen LogP contribution >= 0.6 is 0 Å². The van der Waals surface area contributed by atoms with Gasteiger partial charge in [-0.1, -0.05) is 31.0 Å². The van der Waals surface area contributed by atoms with Crippen LogP contribution in [0.25, 0.3) is 11.0 Å². The first-order chi connectivity index (χ1) is 14.8. The van der Waals surface area contributed by atoms with Crippen LogP contribution < -0.4 is 9.47 Å². The maximum Gasteiger partial charge on any atom is 0.124 e. The number of hydrogen-bond donors (Lipinski definition) is 0. The molecule has 0 unspecified atom stereocenters. The molecule has 0 N–H and O–H groups in total. The van der Waals surface area contributed by atoms with Gasteiger partial charge < -0.3 is 14.0 Å². The van der Waals surface area contributed by atoms with Crippen molar-refractivity contribution in [3.8, 4) is 11.5 Å². The highest BCUT2D eigenvalue weighted by Crippen LogP contribution is 2.21. The maximum absolute atomic E-state index is 5.91. The third-order valence-corrected chi connectivity index (χ3v) is 5.88. The van der Waals surface area contributed by atoms with Gasteiger partial charge in [-0.2, -0.15) is 0 Å². The van der Waals surface area contributed by atoms with Gasteiger partial charge in [0.25, 0.3) is 0 Å². The third-order valence-electron chi connectivity index (χ3n) is 5.88. The Hall–Kier alpha value is -2.53. The van der Waals surface area contributed by atoms with Gasteiger partial charge in [0.2, 0.25) is 0 Å². The zero-order valence-electron chi connectivity index (χ0n) is 18.1. The Balaban J connectivity index is 1.36. The molecule has 160 valence electrons. The fourth-order valence-electron chi connectivity index (χ4n) is 4.24. The van der Waals surface area contributed by atoms with E-state index in [-0.39, 0.29) is 0 Å². The molecule has 0 amide bonds. The van der Waals surface area contributed by atoms with Gasteiger partial charge >= 0.3 is 0 Å². The number of benzene rings is 2. The van der Waals surface area contributed by atoms with Crippen LogP contribution in [-0.4, -0.2) is 41.3 Å². The zero-order valence-corrected chi connectivity index (χ0v) is 18.1. The molecule has 2 aromatic carbocycles. The molecule has 1 aliphatic heterocycles. The monoisotopic (exact) mass is 407 g/mol. The number of likely N-dealkylation sites (tertiary alicyclic amines) is 1. The highest BCUT2D eigenvalue weighted by Gasteiger charge is 2.15. The number of imidazole rings is 1. The second-order valence-electron chi connectivity index (χ2n) is 8.09. The molecule has 3 aromatic rings. The van der Waals surface area contributed by atoms with E-state index >= 15 is 0 Å². The van der Waals surface area contributed by atoms with Crippen molar-refractivity contribution in [1.82, 2.24) is 14.5 Å². The molecule has 0 saturated carbocycles. The number of methoxy groups -OCH3 is 1. The van der Waals surface area contributed by atoms with Crippen LogP contribution in [0, 0.1) is 0 Å². The number of fused-ring (bicyclic) bond motifs is 1. The smallest absolute Gasteiger partial charge is 0.124 e. The number of aromatic nitrogens is 2. The van der Waals surface area contributed by atoms with E-state index in [1.807, 2.05) is 24.3 Å². The molecule has 0 aliphatic carbocycles. The van der Waals surface area contributed by atoms with Crippen LogP contribution in [0.2, 0.25) is 0 Å². The fraction of sp³-hybridized carbons (Fsp3) is 0.480. The minimum Gasteiger partial charge on any atom is -0.497 e. The van der Waals surface area contributed by atoms with Crippen molar-refractivity contribution in [3.05, 3.63) is 54.4 Å². The summed E-state index contributed by atoms with van der Waals surface area (Å²) in [6.07, 6.45) is 7.41. The lowest BCUT2D eigenvalue weighted by molar-refractivity contribution is 0.264. The number of rotatable bonds is 9. The zero-order chi connectivity index (χ0) is 20.6. The number of ether oxygens (including phenoxy) is 2. The first-order valence-electron chi connectivity index (χ1n) is 11.3. The molecular weight excluding hydrogens is 374 g/mol. The van der Waals surface area contributed by atoms with Crippen molar-refractivity contribution >= 4 is 11.0 Å². The lowest BCUT2D eigenvalue weighted by Gasteiger charge is -2.20. The Morgan fingerprint density at radius 1 is 0.900 bits per heavy atom. The Kier molecular flexibility index (Phi) is 7.25. The molecular formula is C25H33N3O2. The Morgan fingerprint density at radius 3 is 2.53 bits per heavy atom. The lowest BCUT2D eigenvalue weighted by atomic mass is 10.2. The molecule has 0 atom stereocenters. The molecule has 5 heteroatoms. The summed E-state index contributed by atoms with van der Waals surface area (Å²) in [5, 5.41) is 0. The number of aryl methyl sites for hydroxylation is 1. The van der Waals surface area contributed by atoms with Crippen LogP contribution in [0.4, 0.5) is 0 Å². The maximum atomic E-state index is 5.91. The average Bonchev–Trinajstić information content (AvgIpc) is 2.93. The van der Waals surface area contributed by atoms with Gasteiger partial charge in [-0.3, -0.25) is 4.90 Å². The van der Waals surface area contributed by atoms with Crippen molar-refractivity contribution in [2.45, 2.75) is 51.6 Å². The number of hydrogen-bond acceptors (Lipinski definition) is 4. The first-order valence-corrected chi connectivity index (χ1v) is 11.3. The van der Waals surface area contributed by atoms with Crippen LogP contribution in [0.1, 0.15) is 44.3 Å². The standard InChI is InChI=1S/C25H33N3O2/c1-29-21-11-10-12-22(19-21)30-18-9-8-17-28-24-14-5-4-13-23(24)26-25(28)20-27-15-6-2-3-7-16-27/h4-5,10-14,19H,2-3,6-9,15-18,20H2,1H3. The van der Waals surface area contributed by atoms with E-state index < -0.39 is 0 Å². The molecule has 0 spiro atoms. The number of para-hydroxylation sites is 2. The molecule has 0 radical (unpaired) electrons. The quantitative estimate of drug-likeness (QED) is 0.453. The molecule has 1 aliphatic rings. The van der Waals surface area contributed by atoms with Gasteiger partial charge in [-0.05, 0) is 63.0 Å². The largest absolute Gasteiger partial charge is 0.497 e. The second kappa shape index (κ2) is 10.5. The molecule has 0 bridgehead atoms. The van der Waals surface area contributed by atoms with Gasteiger partial charge in [0, 0.05) is 12.6 Å². The van der Waals surface area contributed by atoms with Gasteiger partial charge in [0.15, 0.2) is 0 Å². The van der Waals surface area contributed by atoms with Crippen LogP contribution in [-0.2, 0) is 13.1 Å². The third kappa shape index (κ3) is 5.33. The topological polar surface area (TPSA) is 39.5 Å². The molecule has 1 fully saturated rings. The van der Waals surface area contributed by atoms with Gasteiger partial charge in [-0.15, -0.1) is 0 Å². The summed E-state index contributed by atoms with van der Waals surface area (Å²) in [6, 6.07) is 16.3. The summed E-state index contributed by atoms with van der Waals surface area (Å²) in [7, 11) is 1.68. The van der Waals surface area contributed by atoms with Gasteiger partial charge in [0.1, 0.15) is 17.3 Å². The van der Waals surface area contributed by atoms with E-state index in [1.54, 1.807) is 7.11 Å². The van der Waals surface area contributed by atoms with Crippen molar-refractivity contribution in [2.24, 2.45) is 0 Å². The summed E-state index contributed by atoms with van der Waals surface area (Å²) < 4.78 is 13.6. The van der Waals surface area contributed by atoms with Crippen molar-refractivity contribution in [2.75, 3.05) is 26.8 Å². The Bertz CT molecular complexity index is 929. The SMILES string of the molecule is COc1cccc(OCCCCn2c(CN3CCCCCC3)nc3ccccc32)c1. The molecule has 4 rings (SSSR count). The first kappa shape index (κ1) is 20.7. The van der Waals surface area contributed by atoms with Crippen molar-refractivity contribution < 1.29 is 9.47 Å². The number of unbranched alkanes of at least 4 members (excludes halogenated alkanes) is 1. The highest BCUT2D eigenvalue weighted by molar-refractivity contribution is 5.75. The van der Waals surface area contributed by atoms with Crippen molar-refractivity contribution in [1.29, 1.82) is 0 Å². The molecule has 30 heavy (non-hydrogen) atoms. The number of nitrogens with zero attached hydrogens (tertiary/aromatic N) is 3. The van der Waals surface area contributed by atoms with Crippen LogP contribution in [0.3, 0.4) is 0 Å². The van der Waals surface area contributed by atoms with Gasteiger partial charge in [0.05, 0.1) is 31.3 Å². The molecule has 1 saturated heterocycles. The lowest BCUT2D eigenvalue weighted by Crippen LogP contribution is -2.26. The summed E-state index contributed by atoms with van der Waals surface area (Å²) in [4.78, 5) is 7.56. The van der Waals surface area contributed by atoms with E-state index in [0.29, 0.717) is 6.61 Å². The minimum atomic E-state index is 0.710. The average molecular weight is 408 g/mol. The normalized spacial score (nSPS) is 15.2. The summed E-state index contributed by atoms with van der Waals surface area (Å²) in [6.45, 7) is 5.02. The van der Waals surface area contributed by atoms with E-state index in [9.17, 15) is 0 Å².